The summed E-state index contributed by atoms with van der Waals surface area (Å²) in [7, 11) is 4.76. The van der Waals surface area contributed by atoms with E-state index in [-0.39, 0.29) is 33.0 Å². The monoisotopic (exact) mass is 342 g/mol. The molecule has 0 aliphatic heterocycles. The number of carbonyl (C=O) groups is 1. The number of halogens is 1. The average molecular weight is 343 g/mol. The van der Waals surface area contributed by atoms with Crippen molar-refractivity contribution < 1.29 is 19.0 Å². The van der Waals surface area contributed by atoms with Crippen molar-refractivity contribution in [1.29, 1.82) is 0 Å². The molecule has 1 aromatic rings. The second kappa shape index (κ2) is 8.87. The molecule has 1 rings (SSSR count). The zero-order valence-corrected chi connectivity index (χ0v) is 13.4. The number of hydrogen-bond donors (Lipinski definition) is 0. The van der Waals surface area contributed by atoms with E-state index in [0.29, 0.717) is 27.3 Å². The Morgan fingerprint density at radius 2 is 1.79 bits per heavy atom. The Hall–Kier alpha value is -0.203. The van der Waals surface area contributed by atoms with Gasteiger partial charge in [0.1, 0.15) is 11.3 Å². The molecule has 0 saturated carbocycles. The predicted molar refractivity (Wildman–Crippen MR) is 84.1 cm³/mol. The van der Waals surface area contributed by atoms with Crippen molar-refractivity contribution in [2.75, 3.05) is 27.5 Å². The molecule has 7 heteroatoms. The van der Waals surface area contributed by atoms with E-state index in [1.54, 1.807) is 6.07 Å². The van der Waals surface area contributed by atoms with E-state index in [0.717, 1.165) is 6.16 Å². The molecule has 19 heavy (non-hydrogen) atoms. The first-order valence-corrected chi connectivity index (χ1v) is 7.37. The number of rotatable bonds is 6. The molecule has 0 aromatic heterocycles. The summed E-state index contributed by atoms with van der Waals surface area (Å²) in [5.74, 6) is 1.41. The molecular formula is C12H17BrLiO4P. The molecular weight excluding hydrogens is 326 g/mol. The van der Waals surface area contributed by atoms with Crippen LogP contribution in [0.15, 0.2) is 10.5 Å². The number of ether oxygens (including phenoxy) is 3. The summed E-state index contributed by atoms with van der Waals surface area (Å²) in [6.07, 6.45) is 0.792. The second-order valence-corrected chi connectivity index (χ2v) is 5.73. The summed E-state index contributed by atoms with van der Waals surface area (Å²) in [5.41, 5.74) is 0.442. The Bertz CT molecular complexity index is 454. The van der Waals surface area contributed by atoms with Crippen LogP contribution in [0, 0.1) is 0 Å². The molecule has 0 N–H and O–H groups in total. The van der Waals surface area contributed by atoms with Gasteiger partial charge in [-0.15, -0.1) is 0 Å². The molecule has 0 saturated heterocycles. The third-order valence-electron chi connectivity index (χ3n) is 2.35. The van der Waals surface area contributed by atoms with Gasteiger partial charge in [-0.1, -0.05) is 6.92 Å². The van der Waals surface area contributed by atoms with Crippen molar-refractivity contribution in [2.45, 2.75) is 6.92 Å². The molecule has 0 bridgehead atoms. The third kappa shape index (κ3) is 4.13. The van der Waals surface area contributed by atoms with E-state index in [2.05, 4.69) is 15.9 Å². The van der Waals surface area contributed by atoms with E-state index in [1.807, 2.05) is 6.92 Å². The Morgan fingerprint density at radius 3 is 2.21 bits per heavy atom. The van der Waals surface area contributed by atoms with Gasteiger partial charge in [-0.3, -0.25) is 4.79 Å². The van der Waals surface area contributed by atoms with Gasteiger partial charge in [0.15, 0.2) is 17.0 Å². The third-order valence-corrected chi connectivity index (χ3v) is 3.86. The fourth-order valence-electron chi connectivity index (χ4n) is 1.60. The summed E-state index contributed by atoms with van der Waals surface area (Å²) in [5, 5.41) is 0. The van der Waals surface area contributed by atoms with Gasteiger partial charge in [-0.05, 0) is 30.7 Å². The average Bonchev–Trinajstić information content (AvgIpc) is 2.37. The van der Waals surface area contributed by atoms with Gasteiger partial charge in [-0.2, -0.15) is 0 Å². The van der Waals surface area contributed by atoms with Crippen molar-refractivity contribution in [2.24, 2.45) is 0 Å². The first-order chi connectivity index (χ1) is 8.60. The van der Waals surface area contributed by atoms with Gasteiger partial charge >= 0.3 is 18.9 Å². The van der Waals surface area contributed by atoms with Crippen LogP contribution in [0.4, 0.5) is 0 Å². The Kier molecular flexibility index (Phi) is 8.77. The molecule has 4 nitrogen and oxygen atoms in total. The fraction of sp³-hybridized carbons (Fsp3) is 0.417. The molecule has 1 unspecified atom stereocenters. The van der Waals surface area contributed by atoms with Crippen molar-refractivity contribution in [1.82, 2.24) is 0 Å². The van der Waals surface area contributed by atoms with E-state index in [9.17, 15) is 4.79 Å². The summed E-state index contributed by atoms with van der Waals surface area (Å²) in [6.45, 7) is 1.96. The molecule has 0 spiro atoms. The summed E-state index contributed by atoms with van der Waals surface area (Å²) in [4.78, 5) is 12.2. The topological polar surface area (TPSA) is 44.8 Å². The maximum absolute atomic E-state index is 12.2. The number of benzene rings is 1. The molecule has 1 atom stereocenters. The van der Waals surface area contributed by atoms with Crippen molar-refractivity contribution in [3.05, 3.63) is 16.1 Å². The van der Waals surface area contributed by atoms with Crippen molar-refractivity contribution in [3.8, 4) is 17.2 Å². The predicted octanol–water partition coefficient (Wildman–Crippen LogP) is 2.67. The first kappa shape index (κ1) is 18.8. The Morgan fingerprint density at radius 1 is 1.21 bits per heavy atom. The van der Waals surface area contributed by atoms with Gasteiger partial charge in [-0.25, -0.2) is 0 Å². The number of carbonyl (C=O) groups excluding carboxylic acids is 1. The summed E-state index contributed by atoms with van der Waals surface area (Å²) >= 11 is 3.37. The van der Waals surface area contributed by atoms with Crippen molar-refractivity contribution >= 4 is 48.9 Å². The zero-order valence-electron chi connectivity index (χ0n) is 10.8. The second-order valence-electron chi connectivity index (χ2n) is 3.36. The van der Waals surface area contributed by atoms with Crippen LogP contribution in [-0.4, -0.2) is 51.9 Å². The fourth-order valence-corrected chi connectivity index (χ4v) is 2.89. The van der Waals surface area contributed by atoms with Crippen LogP contribution in [0.25, 0.3) is 0 Å². The van der Waals surface area contributed by atoms with Gasteiger partial charge in [0.25, 0.3) is 0 Å². The van der Waals surface area contributed by atoms with E-state index in [1.165, 1.54) is 21.3 Å². The summed E-state index contributed by atoms with van der Waals surface area (Å²) < 4.78 is 16.5. The molecule has 0 heterocycles. The molecule has 1 aromatic carbocycles. The SMILES string of the molecule is CCPC(=O)c1c(OC)c(Br)cc(OC)c1OC.[LiH]. The maximum atomic E-state index is 12.2. The molecule has 0 fully saturated rings. The van der Waals surface area contributed by atoms with Gasteiger partial charge in [0.05, 0.1) is 25.8 Å². The standard InChI is InChI=1S/C12H16BrO4P.Li.H/c1-5-18-12(14)9-10(16-3)7(13)6-8(15-2)11(9)17-4;;/h6,18H,5H2,1-4H3;;. The molecule has 0 radical (unpaired) electrons. The van der Waals surface area contributed by atoms with E-state index < -0.39 is 0 Å². The minimum atomic E-state index is 0. The van der Waals surface area contributed by atoms with Crippen molar-refractivity contribution in [3.63, 3.8) is 0 Å². The molecule has 0 aliphatic carbocycles. The van der Waals surface area contributed by atoms with Crippen LogP contribution in [0.1, 0.15) is 17.3 Å². The minimum absolute atomic E-state index is 0. The number of methoxy groups -OCH3 is 3. The first-order valence-electron chi connectivity index (χ1n) is 5.37. The van der Waals surface area contributed by atoms with E-state index >= 15 is 0 Å². The Balaban J connectivity index is 0.00000324. The van der Waals surface area contributed by atoms with Gasteiger partial charge < -0.3 is 14.2 Å². The van der Waals surface area contributed by atoms with Gasteiger partial charge in [0, 0.05) is 6.07 Å². The summed E-state index contributed by atoms with van der Waals surface area (Å²) in [6, 6.07) is 1.73. The molecule has 102 valence electrons. The van der Waals surface area contributed by atoms with Crippen LogP contribution in [-0.2, 0) is 0 Å². The Labute approximate surface area is 135 Å². The van der Waals surface area contributed by atoms with Crippen LogP contribution in [0.2, 0.25) is 0 Å². The van der Waals surface area contributed by atoms with Gasteiger partial charge in [0.2, 0.25) is 0 Å². The number of hydrogen-bond acceptors (Lipinski definition) is 4. The zero-order chi connectivity index (χ0) is 13.7. The quantitative estimate of drug-likeness (QED) is 0.589. The van der Waals surface area contributed by atoms with E-state index in [4.69, 9.17) is 14.2 Å². The normalized spacial score (nSPS) is 10.2. The molecule has 0 amide bonds. The van der Waals surface area contributed by atoms with Crippen LogP contribution in [0.3, 0.4) is 0 Å². The van der Waals surface area contributed by atoms with Crippen LogP contribution in [0.5, 0.6) is 17.2 Å². The molecule has 0 aliphatic rings. The van der Waals surface area contributed by atoms with Crippen LogP contribution < -0.4 is 14.2 Å². The van der Waals surface area contributed by atoms with Crippen LogP contribution >= 0.6 is 24.5 Å².